The van der Waals surface area contributed by atoms with Crippen LogP contribution in [0.3, 0.4) is 0 Å². The van der Waals surface area contributed by atoms with Gasteiger partial charge in [-0.05, 0) is 30.5 Å². The second kappa shape index (κ2) is 8.86. The molecular weight excluding hydrogens is 320 g/mol. The van der Waals surface area contributed by atoms with Gasteiger partial charge < -0.3 is 15.1 Å². The molecule has 0 fully saturated rings. The Bertz CT molecular complexity index is 694. The van der Waals surface area contributed by atoms with E-state index in [0.717, 1.165) is 11.3 Å². The second-order valence-corrected chi connectivity index (χ2v) is 6.20. The van der Waals surface area contributed by atoms with Crippen molar-refractivity contribution in [2.24, 2.45) is 10.9 Å². The third-order valence-corrected chi connectivity index (χ3v) is 3.94. The van der Waals surface area contributed by atoms with E-state index in [4.69, 9.17) is 4.42 Å². The smallest absolute Gasteiger partial charge is 0.269 e. The highest BCUT2D eigenvalue weighted by Crippen LogP contribution is 2.12. The Morgan fingerprint density at radius 1 is 1.24 bits per heavy atom. The molecule has 0 saturated carbocycles. The van der Waals surface area contributed by atoms with Crippen LogP contribution < -0.4 is 10.6 Å². The van der Waals surface area contributed by atoms with Crippen molar-refractivity contribution in [3.63, 3.8) is 0 Å². The van der Waals surface area contributed by atoms with E-state index >= 15 is 0 Å². The molecule has 7 heteroatoms. The number of furan rings is 1. The lowest BCUT2D eigenvalue weighted by molar-refractivity contribution is -0.384. The Labute approximate surface area is 147 Å². The summed E-state index contributed by atoms with van der Waals surface area (Å²) in [6, 6.07) is 10.4. The molecule has 1 unspecified atom stereocenters. The molecule has 134 valence electrons. The van der Waals surface area contributed by atoms with Crippen LogP contribution in [0.2, 0.25) is 0 Å². The fourth-order valence-corrected chi connectivity index (χ4v) is 2.01. The van der Waals surface area contributed by atoms with E-state index in [9.17, 15) is 10.1 Å². The van der Waals surface area contributed by atoms with Crippen molar-refractivity contribution in [2.75, 3.05) is 0 Å². The third kappa shape index (κ3) is 5.95. The van der Waals surface area contributed by atoms with Crippen molar-refractivity contribution in [2.45, 2.75) is 39.9 Å². The van der Waals surface area contributed by atoms with Gasteiger partial charge in [-0.15, -0.1) is 0 Å². The zero-order chi connectivity index (χ0) is 18.2. The largest absolute Gasteiger partial charge is 0.467 e. The Kier molecular flexibility index (Phi) is 6.56. The predicted octanol–water partition coefficient (Wildman–Crippen LogP) is 3.47. The zero-order valence-corrected chi connectivity index (χ0v) is 14.7. The number of benzene rings is 1. The van der Waals surface area contributed by atoms with Crippen LogP contribution in [0.1, 0.15) is 32.1 Å². The Balaban J connectivity index is 2.03. The normalized spacial score (nSPS) is 12.9. The summed E-state index contributed by atoms with van der Waals surface area (Å²) in [4.78, 5) is 14.9. The minimum Gasteiger partial charge on any atom is -0.467 e. The van der Waals surface area contributed by atoms with Gasteiger partial charge in [0.2, 0.25) is 0 Å². The highest BCUT2D eigenvalue weighted by molar-refractivity contribution is 5.80. The molecule has 0 aliphatic carbocycles. The predicted molar refractivity (Wildman–Crippen MR) is 97.2 cm³/mol. The summed E-state index contributed by atoms with van der Waals surface area (Å²) in [6.45, 7) is 7.33. The molecule has 1 heterocycles. The fraction of sp³-hybridized carbons (Fsp3) is 0.389. The average Bonchev–Trinajstić information content (AvgIpc) is 3.10. The first-order valence-corrected chi connectivity index (χ1v) is 8.26. The maximum absolute atomic E-state index is 10.7. The monoisotopic (exact) mass is 344 g/mol. The summed E-state index contributed by atoms with van der Waals surface area (Å²) in [5, 5.41) is 17.3. The average molecular weight is 344 g/mol. The summed E-state index contributed by atoms with van der Waals surface area (Å²) < 4.78 is 5.33. The molecule has 2 rings (SSSR count). The van der Waals surface area contributed by atoms with Crippen LogP contribution in [0, 0.1) is 16.0 Å². The minimum atomic E-state index is -0.407. The van der Waals surface area contributed by atoms with Crippen LogP contribution in [0.25, 0.3) is 0 Å². The number of nitrogens with one attached hydrogen (secondary N) is 2. The molecular formula is C18H24N4O3. The van der Waals surface area contributed by atoms with Crippen molar-refractivity contribution in [1.29, 1.82) is 0 Å². The number of non-ortho nitro benzene ring substituents is 1. The van der Waals surface area contributed by atoms with Crippen LogP contribution in [0.5, 0.6) is 0 Å². The van der Waals surface area contributed by atoms with Gasteiger partial charge in [-0.25, -0.2) is 4.99 Å². The number of nitro groups is 1. The van der Waals surface area contributed by atoms with Gasteiger partial charge in [-0.2, -0.15) is 0 Å². The number of nitrogens with zero attached hydrogens (tertiary/aromatic N) is 2. The Morgan fingerprint density at radius 3 is 2.52 bits per heavy atom. The van der Waals surface area contributed by atoms with E-state index < -0.39 is 4.92 Å². The Hall–Kier alpha value is -2.83. The van der Waals surface area contributed by atoms with Crippen LogP contribution >= 0.6 is 0 Å². The molecule has 25 heavy (non-hydrogen) atoms. The summed E-state index contributed by atoms with van der Waals surface area (Å²) >= 11 is 0. The van der Waals surface area contributed by atoms with Crippen molar-refractivity contribution in [3.8, 4) is 0 Å². The molecule has 0 aliphatic rings. The molecule has 1 aromatic heterocycles. The summed E-state index contributed by atoms with van der Waals surface area (Å²) in [6.07, 6.45) is 1.63. The molecule has 0 spiro atoms. The molecule has 0 radical (unpaired) electrons. The topological polar surface area (TPSA) is 92.7 Å². The van der Waals surface area contributed by atoms with Gasteiger partial charge in [0.15, 0.2) is 5.96 Å². The quantitative estimate of drug-likeness (QED) is 0.347. The van der Waals surface area contributed by atoms with Crippen LogP contribution in [0.15, 0.2) is 52.1 Å². The van der Waals surface area contributed by atoms with E-state index in [1.165, 1.54) is 12.1 Å². The molecule has 0 aliphatic heterocycles. The van der Waals surface area contributed by atoms with E-state index in [2.05, 4.69) is 36.4 Å². The standard InChI is InChI=1S/C18H24N4O3/c1-13(2)14(3)21-18(20-12-17-5-4-10-25-17)19-11-15-6-8-16(9-7-15)22(23)24/h4-10,13-14H,11-12H2,1-3H3,(H2,19,20,21). The highest BCUT2D eigenvalue weighted by Gasteiger charge is 2.10. The van der Waals surface area contributed by atoms with E-state index in [1.54, 1.807) is 18.4 Å². The SMILES string of the molecule is CC(C)C(C)NC(=NCc1ccc([N+](=O)[O-])cc1)NCc1ccco1. The molecule has 2 N–H and O–H groups in total. The van der Waals surface area contributed by atoms with Crippen molar-refractivity contribution < 1.29 is 9.34 Å². The van der Waals surface area contributed by atoms with E-state index in [1.807, 2.05) is 12.1 Å². The maximum Gasteiger partial charge on any atom is 0.269 e. The highest BCUT2D eigenvalue weighted by atomic mass is 16.6. The first-order valence-electron chi connectivity index (χ1n) is 8.26. The van der Waals surface area contributed by atoms with Gasteiger partial charge in [-0.3, -0.25) is 10.1 Å². The second-order valence-electron chi connectivity index (χ2n) is 6.20. The minimum absolute atomic E-state index is 0.0791. The van der Waals surface area contributed by atoms with Gasteiger partial charge in [0.05, 0.1) is 24.3 Å². The zero-order valence-electron chi connectivity index (χ0n) is 14.7. The van der Waals surface area contributed by atoms with Crippen LogP contribution in [-0.2, 0) is 13.1 Å². The number of guanidine groups is 1. The number of hydrogen-bond donors (Lipinski definition) is 2. The summed E-state index contributed by atoms with van der Waals surface area (Å²) in [5.74, 6) is 1.95. The summed E-state index contributed by atoms with van der Waals surface area (Å²) in [7, 11) is 0. The summed E-state index contributed by atoms with van der Waals surface area (Å²) in [5.41, 5.74) is 0.984. The number of nitro benzene ring substituents is 1. The van der Waals surface area contributed by atoms with Gasteiger partial charge in [0.25, 0.3) is 5.69 Å². The van der Waals surface area contributed by atoms with Crippen molar-refractivity contribution in [3.05, 3.63) is 64.1 Å². The molecule has 0 amide bonds. The van der Waals surface area contributed by atoms with Gasteiger partial charge in [-0.1, -0.05) is 26.0 Å². The van der Waals surface area contributed by atoms with Gasteiger partial charge in [0.1, 0.15) is 5.76 Å². The molecule has 2 aromatic rings. The first kappa shape index (κ1) is 18.5. The van der Waals surface area contributed by atoms with E-state index in [-0.39, 0.29) is 11.7 Å². The third-order valence-electron chi connectivity index (χ3n) is 3.94. The lowest BCUT2D eigenvalue weighted by atomic mass is 10.1. The maximum atomic E-state index is 10.7. The first-order chi connectivity index (χ1) is 12.0. The number of aliphatic imine (C=N–C) groups is 1. The van der Waals surface area contributed by atoms with E-state index in [0.29, 0.717) is 25.0 Å². The fourth-order valence-electron chi connectivity index (χ4n) is 2.01. The lowest BCUT2D eigenvalue weighted by Crippen LogP contribution is -2.44. The molecule has 1 atom stereocenters. The van der Waals surface area contributed by atoms with Crippen LogP contribution in [-0.4, -0.2) is 16.9 Å². The number of rotatable bonds is 7. The van der Waals surface area contributed by atoms with Crippen molar-refractivity contribution >= 4 is 11.6 Å². The Morgan fingerprint density at radius 2 is 1.96 bits per heavy atom. The van der Waals surface area contributed by atoms with Crippen molar-refractivity contribution in [1.82, 2.24) is 10.6 Å². The van der Waals surface area contributed by atoms with Gasteiger partial charge in [0, 0.05) is 18.2 Å². The molecule has 7 nitrogen and oxygen atoms in total. The molecule has 0 saturated heterocycles. The van der Waals surface area contributed by atoms with Crippen LogP contribution in [0.4, 0.5) is 5.69 Å². The van der Waals surface area contributed by atoms with Gasteiger partial charge >= 0.3 is 0 Å². The molecule has 0 bridgehead atoms. The number of hydrogen-bond acceptors (Lipinski definition) is 4. The lowest BCUT2D eigenvalue weighted by Gasteiger charge is -2.21. The molecule has 1 aromatic carbocycles.